The van der Waals surface area contributed by atoms with Crippen LogP contribution in [0.15, 0.2) is 30.3 Å². The van der Waals surface area contributed by atoms with Gasteiger partial charge in [0.25, 0.3) is 0 Å². The smallest absolute Gasteiger partial charge is 0.343 e. The minimum atomic E-state index is -0.341. The number of nitrogens with one attached hydrogen (secondary N) is 1. The Hall–Kier alpha value is -1.88. The first-order chi connectivity index (χ1) is 9.13. The van der Waals surface area contributed by atoms with Crippen LogP contribution in [0, 0.1) is 6.92 Å². The van der Waals surface area contributed by atoms with E-state index >= 15 is 0 Å². The van der Waals surface area contributed by atoms with Crippen molar-refractivity contribution in [3.8, 4) is 0 Å². The summed E-state index contributed by atoms with van der Waals surface area (Å²) in [6.07, 6.45) is -0.280. The molecule has 0 aliphatic carbocycles. The first-order valence-corrected chi connectivity index (χ1v) is 6.80. The van der Waals surface area contributed by atoms with E-state index in [2.05, 4.69) is 9.69 Å². The number of rotatable bonds is 4. The summed E-state index contributed by atoms with van der Waals surface area (Å²) in [5.41, 5.74) is 2.19. The third-order valence-electron chi connectivity index (χ3n) is 2.85. The number of benzene rings is 1. The van der Waals surface area contributed by atoms with Gasteiger partial charge in [0, 0.05) is 7.05 Å². The molecule has 0 aliphatic heterocycles. The van der Waals surface area contributed by atoms with E-state index in [1.807, 2.05) is 37.3 Å². The molecule has 1 N–H and O–H groups in total. The lowest BCUT2D eigenvalue weighted by Gasteiger charge is -2.13. The topological polar surface area (TPSA) is 51.2 Å². The molecule has 100 valence electrons. The third-order valence-corrected chi connectivity index (χ3v) is 3.80. The Kier molecular flexibility index (Phi) is 4.16. The molecule has 0 bridgehead atoms. The van der Waals surface area contributed by atoms with Gasteiger partial charge in [-0.2, -0.15) is 4.37 Å². The molecule has 0 radical (unpaired) electrons. The van der Waals surface area contributed by atoms with E-state index in [0.29, 0.717) is 11.3 Å². The van der Waals surface area contributed by atoms with Crippen LogP contribution in [-0.4, -0.2) is 17.4 Å². The van der Waals surface area contributed by atoms with Gasteiger partial charge >= 0.3 is 5.97 Å². The lowest BCUT2D eigenvalue weighted by Crippen LogP contribution is -2.11. The van der Waals surface area contributed by atoms with E-state index in [0.717, 1.165) is 10.6 Å². The molecular formula is C14H16N2O2S. The molecule has 1 aromatic carbocycles. The van der Waals surface area contributed by atoms with Crippen molar-refractivity contribution < 1.29 is 9.53 Å². The van der Waals surface area contributed by atoms with Crippen molar-refractivity contribution >= 4 is 22.5 Å². The van der Waals surface area contributed by atoms with Gasteiger partial charge in [-0.3, -0.25) is 0 Å². The number of carbonyl (C=O) groups is 1. The molecule has 0 amide bonds. The van der Waals surface area contributed by atoms with Crippen molar-refractivity contribution in [2.24, 2.45) is 0 Å². The highest BCUT2D eigenvalue weighted by Gasteiger charge is 2.21. The molecule has 1 atom stereocenters. The summed E-state index contributed by atoms with van der Waals surface area (Å²) in [5.74, 6) is -0.341. The molecule has 0 fully saturated rings. The van der Waals surface area contributed by atoms with Crippen LogP contribution in [0.25, 0.3) is 0 Å². The summed E-state index contributed by atoms with van der Waals surface area (Å²) in [6, 6.07) is 9.67. The number of ether oxygens (including phenoxy) is 1. The van der Waals surface area contributed by atoms with Gasteiger partial charge in [-0.1, -0.05) is 30.3 Å². The first-order valence-electron chi connectivity index (χ1n) is 6.03. The van der Waals surface area contributed by atoms with E-state index in [4.69, 9.17) is 4.74 Å². The zero-order valence-electron chi connectivity index (χ0n) is 11.1. The average Bonchev–Trinajstić information content (AvgIpc) is 2.80. The molecule has 2 rings (SSSR count). The molecule has 2 aromatic rings. The summed E-state index contributed by atoms with van der Waals surface area (Å²) in [4.78, 5) is 12.2. The quantitative estimate of drug-likeness (QED) is 0.869. The Bertz CT molecular complexity index is 566. The number of hydrogen-bond donors (Lipinski definition) is 1. The van der Waals surface area contributed by atoms with Gasteiger partial charge in [-0.25, -0.2) is 4.79 Å². The van der Waals surface area contributed by atoms with Crippen LogP contribution in [0.1, 0.15) is 34.6 Å². The molecule has 0 saturated carbocycles. The van der Waals surface area contributed by atoms with Crippen LogP contribution in [0.3, 0.4) is 0 Å². The summed E-state index contributed by atoms with van der Waals surface area (Å²) in [6.45, 7) is 3.67. The fourth-order valence-corrected chi connectivity index (χ4v) is 2.53. The summed E-state index contributed by atoms with van der Waals surface area (Å²) in [7, 11) is 1.77. The first kappa shape index (κ1) is 13.5. The highest BCUT2D eigenvalue weighted by molar-refractivity contribution is 7.10. The minimum Gasteiger partial charge on any atom is -0.454 e. The Morgan fingerprint density at radius 2 is 2.05 bits per heavy atom. The SMILES string of the molecule is CNc1snc(C)c1C(=O)OC(C)c1ccccc1. The molecule has 0 aliphatic rings. The largest absolute Gasteiger partial charge is 0.454 e. The lowest BCUT2D eigenvalue weighted by atomic mass is 10.1. The van der Waals surface area contributed by atoms with Gasteiger partial charge in [0.15, 0.2) is 0 Å². The van der Waals surface area contributed by atoms with Crippen molar-refractivity contribution in [3.63, 3.8) is 0 Å². The Labute approximate surface area is 116 Å². The Morgan fingerprint density at radius 1 is 1.37 bits per heavy atom. The van der Waals surface area contributed by atoms with Gasteiger partial charge in [-0.15, -0.1) is 0 Å². The van der Waals surface area contributed by atoms with Gasteiger partial charge in [0.05, 0.1) is 5.69 Å². The minimum absolute atomic E-state index is 0.280. The Balaban J connectivity index is 2.15. The zero-order chi connectivity index (χ0) is 13.8. The van der Waals surface area contributed by atoms with Crippen LogP contribution >= 0.6 is 11.5 Å². The second-order valence-corrected chi connectivity index (χ2v) is 4.95. The van der Waals surface area contributed by atoms with Crippen molar-refractivity contribution in [2.75, 3.05) is 12.4 Å². The number of nitrogens with zero attached hydrogens (tertiary/aromatic N) is 1. The molecule has 0 spiro atoms. The molecule has 0 saturated heterocycles. The highest BCUT2D eigenvalue weighted by atomic mass is 32.1. The number of aryl methyl sites for hydroxylation is 1. The fourth-order valence-electron chi connectivity index (χ4n) is 1.79. The van der Waals surface area contributed by atoms with E-state index in [9.17, 15) is 4.79 Å². The van der Waals surface area contributed by atoms with Gasteiger partial charge in [0.1, 0.15) is 16.7 Å². The van der Waals surface area contributed by atoms with Gasteiger partial charge < -0.3 is 10.1 Å². The molecule has 4 nitrogen and oxygen atoms in total. The summed E-state index contributed by atoms with van der Waals surface area (Å²) < 4.78 is 9.66. The van der Waals surface area contributed by atoms with Gasteiger partial charge in [-0.05, 0) is 30.9 Å². The molecule has 1 aromatic heterocycles. The van der Waals surface area contributed by atoms with Crippen molar-refractivity contribution in [3.05, 3.63) is 47.2 Å². The lowest BCUT2D eigenvalue weighted by molar-refractivity contribution is 0.0338. The van der Waals surface area contributed by atoms with Crippen LogP contribution in [-0.2, 0) is 4.74 Å². The molecule has 5 heteroatoms. The summed E-state index contributed by atoms with van der Waals surface area (Å²) in [5, 5.41) is 3.70. The molecule has 19 heavy (non-hydrogen) atoms. The maximum absolute atomic E-state index is 12.2. The molecule has 1 unspecified atom stereocenters. The van der Waals surface area contributed by atoms with Crippen molar-refractivity contribution in [2.45, 2.75) is 20.0 Å². The number of esters is 1. The van der Waals surface area contributed by atoms with E-state index in [-0.39, 0.29) is 12.1 Å². The van der Waals surface area contributed by atoms with Crippen LogP contribution < -0.4 is 5.32 Å². The van der Waals surface area contributed by atoms with Crippen LogP contribution in [0.2, 0.25) is 0 Å². The zero-order valence-corrected chi connectivity index (χ0v) is 12.0. The Morgan fingerprint density at radius 3 is 2.68 bits per heavy atom. The number of anilines is 1. The fraction of sp³-hybridized carbons (Fsp3) is 0.286. The predicted octanol–water partition coefficient (Wildman–Crippen LogP) is 3.41. The standard InChI is InChI=1S/C14H16N2O2S/c1-9-12(13(15-3)19-16-9)14(17)18-10(2)11-7-5-4-6-8-11/h4-8,10,15H,1-3H3. The average molecular weight is 276 g/mol. The second-order valence-electron chi connectivity index (χ2n) is 4.18. The normalized spacial score (nSPS) is 11.9. The predicted molar refractivity (Wildman–Crippen MR) is 76.7 cm³/mol. The number of carbonyl (C=O) groups excluding carboxylic acids is 1. The number of aromatic nitrogens is 1. The summed E-state index contributed by atoms with van der Waals surface area (Å²) >= 11 is 1.27. The van der Waals surface area contributed by atoms with E-state index in [1.54, 1.807) is 14.0 Å². The molecule has 1 heterocycles. The second kappa shape index (κ2) is 5.84. The van der Waals surface area contributed by atoms with E-state index in [1.165, 1.54) is 11.5 Å². The van der Waals surface area contributed by atoms with Crippen LogP contribution in [0.5, 0.6) is 0 Å². The highest BCUT2D eigenvalue weighted by Crippen LogP contribution is 2.27. The monoisotopic (exact) mass is 276 g/mol. The number of hydrogen-bond acceptors (Lipinski definition) is 5. The van der Waals surface area contributed by atoms with Crippen molar-refractivity contribution in [1.82, 2.24) is 4.37 Å². The third kappa shape index (κ3) is 2.93. The molecular weight excluding hydrogens is 260 g/mol. The van der Waals surface area contributed by atoms with Crippen LogP contribution in [0.4, 0.5) is 5.00 Å². The maximum Gasteiger partial charge on any atom is 0.343 e. The van der Waals surface area contributed by atoms with Gasteiger partial charge in [0.2, 0.25) is 0 Å². The maximum atomic E-state index is 12.2. The van der Waals surface area contributed by atoms with Crippen molar-refractivity contribution in [1.29, 1.82) is 0 Å². The van der Waals surface area contributed by atoms with E-state index < -0.39 is 0 Å².